The van der Waals surface area contributed by atoms with Gasteiger partial charge in [0.25, 0.3) is 0 Å². The minimum absolute atomic E-state index is 0.0223. The summed E-state index contributed by atoms with van der Waals surface area (Å²) in [5.74, 6) is 3.55. The topological polar surface area (TPSA) is 69.7 Å². The zero-order chi connectivity index (χ0) is 19.2. The minimum Gasteiger partial charge on any atom is -0.355 e. The number of carbonyl (C=O) groups is 3. The summed E-state index contributed by atoms with van der Waals surface area (Å²) >= 11 is 1.61. The molecule has 1 aliphatic heterocycles. The molecule has 0 aromatic heterocycles. The number of thioether (sulfide) groups is 1. The average molecular weight is 394 g/mol. The number of hydrogen-bond donors (Lipinski definition) is 1. The van der Waals surface area contributed by atoms with E-state index in [1.54, 1.807) is 35.7 Å². The zero-order valence-electron chi connectivity index (χ0n) is 16.4. The number of likely N-dealkylation sites (N-methyl/N-ethyl adjacent to an activating group) is 1. The maximum atomic E-state index is 13.0. The highest BCUT2D eigenvalue weighted by Gasteiger charge is 2.54. The Morgan fingerprint density at radius 1 is 1.07 bits per heavy atom. The molecule has 4 aliphatic carbocycles. The van der Waals surface area contributed by atoms with Gasteiger partial charge in [-0.25, -0.2) is 0 Å². The van der Waals surface area contributed by atoms with Crippen LogP contribution in [0, 0.1) is 23.2 Å². The molecule has 1 atom stereocenters. The molecule has 0 radical (unpaired) electrons. The molecule has 4 bridgehead atoms. The molecular formula is C20H31N3O3S. The van der Waals surface area contributed by atoms with Gasteiger partial charge in [0.2, 0.25) is 17.7 Å². The molecule has 4 saturated carbocycles. The van der Waals surface area contributed by atoms with Gasteiger partial charge in [0, 0.05) is 38.2 Å². The second kappa shape index (κ2) is 7.30. The highest BCUT2D eigenvalue weighted by molar-refractivity contribution is 7.99. The van der Waals surface area contributed by atoms with Crippen LogP contribution in [0.15, 0.2) is 0 Å². The summed E-state index contributed by atoms with van der Waals surface area (Å²) in [6.07, 6.45) is 7.36. The lowest BCUT2D eigenvalue weighted by Gasteiger charge is -2.55. The van der Waals surface area contributed by atoms with Gasteiger partial charge in [-0.3, -0.25) is 14.4 Å². The zero-order valence-corrected chi connectivity index (χ0v) is 17.2. The van der Waals surface area contributed by atoms with Crippen LogP contribution >= 0.6 is 11.8 Å². The molecule has 27 heavy (non-hydrogen) atoms. The highest BCUT2D eigenvalue weighted by atomic mass is 32.2. The fraction of sp³-hybridized carbons (Fsp3) is 0.850. The van der Waals surface area contributed by atoms with Crippen LogP contribution in [0.1, 0.15) is 44.9 Å². The van der Waals surface area contributed by atoms with E-state index in [4.69, 9.17) is 0 Å². The molecule has 6 nitrogen and oxygen atoms in total. The smallest absolute Gasteiger partial charge is 0.245 e. The summed E-state index contributed by atoms with van der Waals surface area (Å²) in [6.45, 7) is 0.378. The van der Waals surface area contributed by atoms with Crippen LogP contribution < -0.4 is 5.32 Å². The van der Waals surface area contributed by atoms with Crippen LogP contribution in [-0.2, 0) is 14.4 Å². The fourth-order valence-electron chi connectivity index (χ4n) is 6.19. The Kier molecular flexibility index (Phi) is 5.16. The van der Waals surface area contributed by atoms with Gasteiger partial charge in [-0.1, -0.05) is 0 Å². The van der Waals surface area contributed by atoms with Crippen LogP contribution in [0.5, 0.6) is 0 Å². The standard InChI is InChI=1S/C20H31N3O3S/c1-22(2)18(25)16-11-27-12-23(16)17(24)3-4-21-19(26)20-8-13-5-14(9-20)7-15(6-13)10-20/h13-16H,3-12H2,1-2H3,(H,21,26)/t13?,14?,15?,16-,20?/m0/s1. The molecule has 0 unspecified atom stereocenters. The molecule has 1 saturated heterocycles. The lowest BCUT2D eigenvalue weighted by Crippen LogP contribution is -2.54. The molecule has 0 aromatic carbocycles. The monoisotopic (exact) mass is 393 g/mol. The SMILES string of the molecule is CN(C)C(=O)[C@@H]1CSCN1C(=O)CCNC(=O)C12CC3CC(CC(C3)C1)C2. The van der Waals surface area contributed by atoms with Crippen molar-refractivity contribution in [1.29, 1.82) is 0 Å². The first-order valence-corrected chi connectivity index (χ1v) is 11.4. The summed E-state index contributed by atoms with van der Waals surface area (Å²) in [6, 6.07) is -0.364. The Morgan fingerprint density at radius 3 is 2.22 bits per heavy atom. The molecule has 3 amide bonds. The Bertz CT molecular complexity index is 601. The van der Waals surface area contributed by atoms with Crippen molar-refractivity contribution in [3.8, 4) is 0 Å². The molecule has 0 aromatic rings. The maximum absolute atomic E-state index is 13.0. The van der Waals surface area contributed by atoms with Crippen LogP contribution in [0.25, 0.3) is 0 Å². The number of rotatable bonds is 5. The van der Waals surface area contributed by atoms with Crippen molar-refractivity contribution in [2.24, 2.45) is 23.2 Å². The van der Waals surface area contributed by atoms with Gasteiger partial charge in [-0.05, 0) is 56.3 Å². The third-order valence-corrected chi connectivity index (χ3v) is 8.09. The predicted octanol–water partition coefficient (Wildman–Crippen LogP) is 1.70. The summed E-state index contributed by atoms with van der Waals surface area (Å²) in [7, 11) is 3.44. The normalized spacial score (nSPS) is 36.7. The van der Waals surface area contributed by atoms with Crippen LogP contribution in [0.3, 0.4) is 0 Å². The number of amides is 3. The van der Waals surface area contributed by atoms with Gasteiger partial charge in [-0.2, -0.15) is 0 Å². The van der Waals surface area contributed by atoms with E-state index < -0.39 is 0 Å². The summed E-state index contributed by atoms with van der Waals surface area (Å²) in [5, 5.41) is 3.07. The maximum Gasteiger partial charge on any atom is 0.245 e. The van der Waals surface area contributed by atoms with Crippen molar-refractivity contribution in [3.05, 3.63) is 0 Å². The molecule has 1 N–H and O–H groups in total. The molecule has 7 heteroatoms. The minimum atomic E-state index is -0.364. The van der Waals surface area contributed by atoms with Crippen molar-refractivity contribution in [1.82, 2.24) is 15.1 Å². The molecule has 5 rings (SSSR count). The number of hydrogen-bond acceptors (Lipinski definition) is 4. The largest absolute Gasteiger partial charge is 0.355 e. The quantitative estimate of drug-likeness (QED) is 0.772. The number of carbonyl (C=O) groups excluding carboxylic acids is 3. The first kappa shape index (κ1) is 19.1. The lowest BCUT2D eigenvalue weighted by molar-refractivity contribution is -0.146. The van der Waals surface area contributed by atoms with E-state index in [1.807, 2.05) is 0 Å². The van der Waals surface area contributed by atoms with Gasteiger partial charge in [-0.15, -0.1) is 11.8 Å². The first-order chi connectivity index (χ1) is 12.9. The van der Waals surface area contributed by atoms with Gasteiger partial charge in [0.15, 0.2) is 0 Å². The molecule has 0 spiro atoms. The van der Waals surface area contributed by atoms with E-state index in [0.717, 1.165) is 37.0 Å². The van der Waals surface area contributed by atoms with Gasteiger partial charge >= 0.3 is 0 Å². The Morgan fingerprint density at radius 2 is 1.67 bits per heavy atom. The van der Waals surface area contributed by atoms with Crippen molar-refractivity contribution in [3.63, 3.8) is 0 Å². The third kappa shape index (κ3) is 3.59. The van der Waals surface area contributed by atoms with E-state index in [2.05, 4.69) is 5.32 Å². The molecule has 5 fully saturated rings. The number of nitrogens with one attached hydrogen (secondary N) is 1. The summed E-state index contributed by atoms with van der Waals surface area (Å²) in [4.78, 5) is 41.0. The van der Waals surface area contributed by atoms with Crippen molar-refractivity contribution < 1.29 is 14.4 Å². The Hall–Kier alpha value is -1.24. The Balaban J connectivity index is 1.29. The van der Waals surface area contributed by atoms with Crippen LogP contribution in [0.2, 0.25) is 0 Å². The van der Waals surface area contributed by atoms with Crippen molar-refractivity contribution in [2.45, 2.75) is 51.0 Å². The third-order valence-electron chi connectivity index (χ3n) is 7.07. The van der Waals surface area contributed by atoms with Crippen LogP contribution in [-0.4, -0.2) is 65.8 Å². The molecular weight excluding hydrogens is 362 g/mol. The second-order valence-corrected chi connectivity index (χ2v) is 10.3. The van der Waals surface area contributed by atoms with Crippen molar-refractivity contribution in [2.75, 3.05) is 32.3 Å². The van der Waals surface area contributed by atoms with E-state index in [0.29, 0.717) is 18.2 Å². The van der Waals surface area contributed by atoms with E-state index in [9.17, 15) is 14.4 Å². The first-order valence-electron chi connectivity index (χ1n) is 10.2. The van der Waals surface area contributed by atoms with Crippen LogP contribution in [0.4, 0.5) is 0 Å². The van der Waals surface area contributed by atoms with Gasteiger partial charge < -0.3 is 15.1 Å². The second-order valence-electron chi connectivity index (χ2n) is 9.32. The summed E-state index contributed by atoms with van der Waals surface area (Å²) in [5.41, 5.74) is -0.162. The molecule has 5 aliphatic rings. The average Bonchev–Trinajstić information content (AvgIpc) is 3.09. The molecule has 1 heterocycles. The predicted molar refractivity (Wildman–Crippen MR) is 105 cm³/mol. The molecule has 150 valence electrons. The van der Waals surface area contributed by atoms with E-state index in [1.165, 1.54) is 19.3 Å². The van der Waals surface area contributed by atoms with Gasteiger partial charge in [0.1, 0.15) is 6.04 Å². The van der Waals surface area contributed by atoms with Gasteiger partial charge in [0.05, 0.1) is 5.88 Å². The van der Waals surface area contributed by atoms with Crippen molar-refractivity contribution >= 4 is 29.5 Å². The lowest BCUT2D eigenvalue weighted by atomic mass is 9.49. The van der Waals surface area contributed by atoms with E-state index in [-0.39, 0.29) is 35.6 Å². The highest BCUT2D eigenvalue weighted by Crippen LogP contribution is 2.60. The number of nitrogens with zero attached hydrogens (tertiary/aromatic N) is 2. The summed E-state index contributed by atoms with van der Waals surface area (Å²) < 4.78 is 0. The van der Waals surface area contributed by atoms with E-state index >= 15 is 0 Å². The fourth-order valence-corrected chi connectivity index (χ4v) is 7.37. The Labute approximate surface area is 165 Å².